The summed E-state index contributed by atoms with van der Waals surface area (Å²) in [5.41, 5.74) is 4.94. The van der Waals surface area contributed by atoms with Crippen molar-refractivity contribution in [3.8, 4) is 5.75 Å². The second-order valence-electron chi connectivity index (χ2n) is 5.85. The van der Waals surface area contributed by atoms with Crippen molar-refractivity contribution in [1.29, 1.82) is 0 Å². The first-order chi connectivity index (χ1) is 13.2. The fourth-order valence-electron chi connectivity index (χ4n) is 2.65. The van der Waals surface area contributed by atoms with Crippen molar-refractivity contribution in [2.45, 2.75) is 13.5 Å². The topological polar surface area (TPSA) is 45.7 Å². The van der Waals surface area contributed by atoms with Crippen LogP contribution in [0.1, 0.15) is 18.1 Å². The van der Waals surface area contributed by atoms with E-state index in [4.69, 9.17) is 17.0 Å². The highest BCUT2D eigenvalue weighted by molar-refractivity contribution is 14.1. The van der Waals surface area contributed by atoms with E-state index in [1.807, 2.05) is 25.1 Å². The predicted octanol–water partition coefficient (Wildman–Crippen LogP) is 4.84. The smallest absolute Gasteiger partial charge is 0.186 e. The van der Waals surface area contributed by atoms with Crippen LogP contribution in [-0.4, -0.2) is 17.9 Å². The van der Waals surface area contributed by atoms with Gasteiger partial charge in [0.25, 0.3) is 0 Å². The van der Waals surface area contributed by atoms with E-state index in [0.717, 1.165) is 21.4 Å². The van der Waals surface area contributed by atoms with E-state index < -0.39 is 0 Å². The lowest BCUT2D eigenvalue weighted by molar-refractivity contribution is 0.305. The van der Waals surface area contributed by atoms with Crippen LogP contribution in [0.15, 0.2) is 65.8 Å². The standard InChI is InChI=1S/C21H20IN3OS/c1-2-23-21(27)25-24-13-15-10-11-20(19(22)12-15)26-14-17-8-5-7-16-6-3-4-9-18(16)17/h3-13H,2,14H2,1H3,(H2,23,25,27)/b24-13-. The predicted molar refractivity (Wildman–Crippen MR) is 124 cm³/mol. The Hall–Kier alpha value is -2.19. The molecular weight excluding hydrogens is 469 g/mol. The quantitative estimate of drug-likeness (QED) is 0.225. The second kappa shape index (κ2) is 9.66. The van der Waals surface area contributed by atoms with E-state index in [9.17, 15) is 0 Å². The Morgan fingerprint density at radius 3 is 2.78 bits per heavy atom. The first kappa shape index (κ1) is 19.6. The maximum Gasteiger partial charge on any atom is 0.186 e. The number of hydrazone groups is 1. The second-order valence-corrected chi connectivity index (χ2v) is 7.42. The Labute approximate surface area is 178 Å². The molecule has 138 valence electrons. The molecule has 0 spiro atoms. The summed E-state index contributed by atoms with van der Waals surface area (Å²) in [6.45, 7) is 3.28. The summed E-state index contributed by atoms with van der Waals surface area (Å²) in [6, 6.07) is 20.6. The van der Waals surface area contributed by atoms with Crippen LogP contribution in [0.5, 0.6) is 5.75 Å². The Kier molecular flexibility index (Phi) is 7.00. The first-order valence-corrected chi connectivity index (χ1v) is 10.1. The van der Waals surface area contributed by atoms with Gasteiger partial charge in [-0.15, -0.1) is 0 Å². The van der Waals surface area contributed by atoms with Gasteiger partial charge in [0, 0.05) is 6.54 Å². The summed E-state index contributed by atoms with van der Waals surface area (Å²) in [5, 5.41) is 10.1. The third-order valence-electron chi connectivity index (χ3n) is 3.94. The number of halogens is 1. The molecule has 3 aromatic rings. The molecule has 0 radical (unpaired) electrons. The number of ether oxygens (including phenoxy) is 1. The largest absolute Gasteiger partial charge is 0.488 e. The van der Waals surface area contributed by atoms with Crippen molar-refractivity contribution in [1.82, 2.24) is 10.7 Å². The molecule has 0 fully saturated rings. The van der Waals surface area contributed by atoms with E-state index in [2.05, 4.69) is 80.9 Å². The lowest BCUT2D eigenvalue weighted by Gasteiger charge is -2.11. The van der Waals surface area contributed by atoms with Gasteiger partial charge in [-0.05, 0) is 81.8 Å². The SMILES string of the molecule is CCNC(=S)N/N=C\c1ccc(OCc2cccc3ccccc23)c(I)c1. The fourth-order valence-corrected chi connectivity index (χ4v) is 3.55. The van der Waals surface area contributed by atoms with Crippen molar-refractivity contribution in [3.05, 3.63) is 75.4 Å². The summed E-state index contributed by atoms with van der Waals surface area (Å²) in [5.74, 6) is 0.858. The lowest BCUT2D eigenvalue weighted by atomic mass is 10.1. The molecule has 0 bridgehead atoms. The van der Waals surface area contributed by atoms with Gasteiger partial charge in [-0.3, -0.25) is 5.43 Å². The molecule has 3 aromatic carbocycles. The summed E-state index contributed by atoms with van der Waals surface area (Å²) in [6.07, 6.45) is 1.74. The zero-order chi connectivity index (χ0) is 19.1. The van der Waals surface area contributed by atoms with Gasteiger partial charge in [-0.2, -0.15) is 5.10 Å². The van der Waals surface area contributed by atoms with Gasteiger partial charge in [0.2, 0.25) is 0 Å². The van der Waals surface area contributed by atoms with Gasteiger partial charge < -0.3 is 10.1 Å². The number of fused-ring (bicyclic) bond motifs is 1. The number of nitrogens with one attached hydrogen (secondary N) is 2. The Morgan fingerprint density at radius 2 is 1.96 bits per heavy atom. The molecule has 0 atom stereocenters. The van der Waals surface area contributed by atoms with Crippen molar-refractivity contribution in [2.24, 2.45) is 5.10 Å². The van der Waals surface area contributed by atoms with Crippen LogP contribution in [0.25, 0.3) is 10.8 Å². The van der Waals surface area contributed by atoms with E-state index >= 15 is 0 Å². The third kappa shape index (κ3) is 5.40. The Morgan fingerprint density at radius 1 is 1.15 bits per heavy atom. The molecule has 0 heterocycles. The van der Waals surface area contributed by atoms with E-state index in [0.29, 0.717) is 11.7 Å². The summed E-state index contributed by atoms with van der Waals surface area (Å²) in [4.78, 5) is 0. The fraction of sp³-hybridized carbons (Fsp3) is 0.143. The molecule has 2 N–H and O–H groups in total. The Balaban J connectivity index is 1.66. The minimum atomic E-state index is 0.512. The number of benzene rings is 3. The number of rotatable bonds is 6. The summed E-state index contributed by atoms with van der Waals surface area (Å²) < 4.78 is 7.10. The number of hydrogen-bond donors (Lipinski definition) is 2. The molecule has 0 saturated heterocycles. The molecule has 3 rings (SSSR count). The van der Waals surface area contributed by atoms with Crippen LogP contribution in [0.3, 0.4) is 0 Å². The Bertz CT molecular complexity index is 969. The number of hydrogen-bond acceptors (Lipinski definition) is 3. The zero-order valence-corrected chi connectivity index (χ0v) is 17.9. The van der Waals surface area contributed by atoms with Gasteiger partial charge in [-0.1, -0.05) is 42.5 Å². The highest BCUT2D eigenvalue weighted by atomic mass is 127. The maximum absolute atomic E-state index is 6.06. The zero-order valence-electron chi connectivity index (χ0n) is 14.9. The maximum atomic E-state index is 6.06. The molecule has 0 aliphatic rings. The highest BCUT2D eigenvalue weighted by Gasteiger charge is 2.05. The van der Waals surface area contributed by atoms with Crippen LogP contribution in [-0.2, 0) is 6.61 Å². The van der Waals surface area contributed by atoms with E-state index in [1.54, 1.807) is 6.21 Å². The molecule has 0 saturated carbocycles. The van der Waals surface area contributed by atoms with Gasteiger partial charge in [-0.25, -0.2) is 0 Å². The van der Waals surface area contributed by atoms with Crippen molar-refractivity contribution in [2.75, 3.05) is 6.54 Å². The van der Waals surface area contributed by atoms with Gasteiger partial charge >= 0.3 is 0 Å². The summed E-state index contributed by atoms with van der Waals surface area (Å²) >= 11 is 7.35. The number of thiocarbonyl (C=S) groups is 1. The van der Waals surface area contributed by atoms with E-state index in [1.165, 1.54) is 16.3 Å². The first-order valence-electron chi connectivity index (χ1n) is 8.63. The number of nitrogens with zero attached hydrogens (tertiary/aromatic N) is 1. The van der Waals surface area contributed by atoms with Crippen LogP contribution >= 0.6 is 34.8 Å². The molecule has 0 aliphatic heterocycles. The molecule has 0 aliphatic carbocycles. The van der Waals surface area contributed by atoms with Crippen LogP contribution in [0.4, 0.5) is 0 Å². The minimum absolute atomic E-state index is 0.512. The van der Waals surface area contributed by atoms with Crippen molar-refractivity contribution < 1.29 is 4.74 Å². The average molecular weight is 489 g/mol. The molecule has 27 heavy (non-hydrogen) atoms. The molecule has 0 amide bonds. The average Bonchev–Trinajstić information content (AvgIpc) is 2.67. The molecule has 6 heteroatoms. The molecule has 0 unspecified atom stereocenters. The van der Waals surface area contributed by atoms with Gasteiger partial charge in [0.15, 0.2) is 5.11 Å². The van der Waals surface area contributed by atoms with Crippen LogP contribution in [0, 0.1) is 3.57 Å². The normalized spacial score (nSPS) is 10.9. The monoisotopic (exact) mass is 489 g/mol. The van der Waals surface area contributed by atoms with Gasteiger partial charge in [0.05, 0.1) is 9.78 Å². The highest BCUT2D eigenvalue weighted by Crippen LogP contribution is 2.24. The summed E-state index contributed by atoms with van der Waals surface area (Å²) in [7, 11) is 0. The van der Waals surface area contributed by atoms with Crippen LogP contribution in [0.2, 0.25) is 0 Å². The van der Waals surface area contributed by atoms with Crippen molar-refractivity contribution in [3.63, 3.8) is 0 Å². The van der Waals surface area contributed by atoms with Crippen molar-refractivity contribution >= 4 is 56.9 Å². The van der Waals surface area contributed by atoms with Crippen LogP contribution < -0.4 is 15.5 Å². The van der Waals surface area contributed by atoms with Gasteiger partial charge in [0.1, 0.15) is 12.4 Å². The molecule has 0 aromatic heterocycles. The molecule has 4 nitrogen and oxygen atoms in total. The van der Waals surface area contributed by atoms with E-state index in [-0.39, 0.29) is 0 Å². The molecular formula is C21H20IN3OS. The minimum Gasteiger partial charge on any atom is -0.488 e. The third-order valence-corrected chi connectivity index (χ3v) is 5.01. The lowest BCUT2D eigenvalue weighted by Crippen LogP contribution is -2.31.